The number of anilines is 1. The Bertz CT molecular complexity index is 907. The van der Waals surface area contributed by atoms with Crippen molar-refractivity contribution in [2.75, 3.05) is 5.32 Å². The predicted molar refractivity (Wildman–Crippen MR) is 94.0 cm³/mol. The fourth-order valence-electron chi connectivity index (χ4n) is 4.10. The van der Waals surface area contributed by atoms with E-state index in [2.05, 4.69) is 17.5 Å². The van der Waals surface area contributed by atoms with Gasteiger partial charge < -0.3 is 15.5 Å². The maximum atomic E-state index is 11.3. The van der Waals surface area contributed by atoms with Crippen LogP contribution in [-0.2, 0) is 0 Å². The molecule has 0 saturated carbocycles. The van der Waals surface area contributed by atoms with Gasteiger partial charge in [-0.15, -0.1) is 0 Å². The number of allylic oxidation sites excluding steroid dienone is 2. The van der Waals surface area contributed by atoms with Crippen LogP contribution in [0.3, 0.4) is 0 Å². The largest absolute Gasteiger partial charge is 0.508 e. The van der Waals surface area contributed by atoms with Gasteiger partial charge in [0.25, 0.3) is 5.69 Å². The number of benzene rings is 2. The van der Waals surface area contributed by atoms with Crippen LogP contribution in [0.1, 0.15) is 35.1 Å². The summed E-state index contributed by atoms with van der Waals surface area (Å²) in [5, 5.41) is 34.5. The molecule has 3 N–H and O–H groups in total. The monoisotopic (exact) mass is 338 g/mol. The SMILES string of the molecule is Cc1c([N+](=O)[O-])ccc2c1NC(c1ccc(O)cc1O)C1CC=CC21. The van der Waals surface area contributed by atoms with Crippen LogP contribution in [0.15, 0.2) is 42.5 Å². The minimum Gasteiger partial charge on any atom is -0.508 e. The summed E-state index contributed by atoms with van der Waals surface area (Å²) in [4.78, 5) is 10.9. The first-order chi connectivity index (χ1) is 12.0. The topological polar surface area (TPSA) is 95.6 Å². The number of nitrogens with zero attached hydrogens (tertiary/aromatic N) is 1. The first-order valence-electron chi connectivity index (χ1n) is 8.20. The molecule has 2 aromatic rings. The van der Waals surface area contributed by atoms with Gasteiger partial charge in [-0.2, -0.15) is 0 Å². The van der Waals surface area contributed by atoms with Gasteiger partial charge in [0.05, 0.1) is 16.5 Å². The molecule has 0 radical (unpaired) electrons. The van der Waals surface area contributed by atoms with Crippen LogP contribution in [0.25, 0.3) is 0 Å². The minimum atomic E-state index is -0.374. The van der Waals surface area contributed by atoms with Crippen LogP contribution >= 0.6 is 0 Å². The van der Waals surface area contributed by atoms with E-state index in [0.717, 1.165) is 17.7 Å². The Morgan fingerprint density at radius 3 is 2.68 bits per heavy atom. The molecule has 128 valence electrons. The Morgan fingerprint density at radius 1 is 1.20 bits per heavy atom. The summed E-state index contributed by atoms with van der Waals surface area (Å²) in [6.45, 7) is 1.75. The summed E-state index contributed by atoms with van der Waals surface area (Å²) >= 11 is 0. The molecular weight excluding hydrogens is 320 g/mol. The van der Waals surface area contributed by atoms with Gasteiger partial charge in [0.15, 0.2) is 0 Å². The van der Waals surface area contributed by atoms with Gasteiger partial charge in [0, 0.05) is 29.3 Å². The van der Waals surface area contributed by atoms with Crippen molar-refractivity contribution in [3.63, 3.8) is 0 Å². The molecular formula is C19H18N2O4. The van der Waals surface area contributed by atoms with Gasteiger partial charge in [-0.1, -0.05) is 12.2 Å². The van der Waals surface area contributed by atoms with Crippen LogP contribution in [0.4, 0.5) is 11.4 Å². The Hall–Kier alpha value is -3.02. The van der Waals surface area contributed by atoms with E-state index in [9.17, 15) is 20.3 Å². The van der Waals surface area contributed by atoms with Crippen molar-refractivity contribution in [3.05, 3.63) is 69.3 Å². The molecule has 2 aromatic carbocycles. The molecule has 6 heteroatoms. The molecule has 6 nitrogen and oxygen atoms in total. The molecule has 0 amide bonds. The highest BCUT2D eigenvalue weighted by Crippen LogP contribution is 2.52. The van der Waals surface area contributed by atoms with E-state index in [1.54, 1.807) is 25.1 Å². The number of fused-ring (bicyclic) bond motifs is 3. The molecule has 1 aliphatic carbocycles. The Kier molecular flexibility index (Phi) is 3.42. The molecule has 0 bridgehead atoms. The number of rotatable bonds is 2. The molecule has 1 heterocycles. The Balaban J connectivity index is 1.86. The molecule has 0 saturated heterocycles. The highest BCUT2D eigenvalue weighted by Gasteiger charge is 2.40. The third-order valence-corrected chi connectivity index (χ3v) is 5.31. The van der Waals surface area contributed by atoms with E-state index in [1.807, 2.05) is 6.07 Å². The smallest absolute Gasteiger partial charge is 0.274 e. The van der Waals surface area contributed by atoms with Crippen molar-refractivity contribution in [2.24, 2.45) is 5.92 Å². The van der Waals surface area contributed by atoms with Crippen LogP contribution in [0.2, 0.25) is 0 Å². The summed E-state index contributed by atoms with van der Waals surface area (Å²) in [5.74, 6) is 0.387. The Morgan fingerprint density at radius 2 is 1.96 bits per heavy atom. The molecule has 4 rings (SSSR count). The van der Waals surface area contributed by atoms with Crippen molar-refractivity contribution in [2.45, 2.75) is 25.3 Å². The fraction of sp³-hybridized carbons (Fsp3) is 0.263. The standard InChI is InChI=1S/C19H18N2O4/c1-10-16(21(24)25)8-7-14-12-3-2-4-13(12)19(20-18(10)14)15-6-5-11(22)9-17(15)23/h2-3,5-9,12-13,19-20,22-23H,4H2,1H3. The summed E-state index contributed by atoms with van der Waals surface area (Å²) in [6.07, 6.45) is 5.12. The lowest BCUT2D eigenvalue weighted by molar-refractivity contribution is -0.385. The quantitative estimate of drug-likeness (QED) is 0.434. The lowest BCUT2D eigenvalue weighted by Crippen LogP contribution is -2.29. The highest BCUT2D eigenvalue weighted by molar-refractivity contribution is 5.69. The first-order valence-corrected chi connectivity index (χ1v) is 8.20. The molecule has 3 atom stereocenters. The first kappa shape index (κ1) is 15.5. The van der Waals surface area contributed by atoms with E-state index in [1.165, 1.54) is 6.07 Å². The molecule has 0 aromatic heterocycles. The second kappa shape index (κ2) is 5.51. The number of aromatic hydroxyl groups is 2. The van der Waals surface area contributed by atoms with Crippen molar-refractivity contribution in [1.82, 2.24) is 0 Å². The van der Waals surface area contributed by atoms with E-state index in [-0.39, 0.29) is 40.0 Å². The van der Waals surface area contributed by atoms with Crippen LogP contribution in [0.5, 0.6) is 11.5 Å². The number of nitro groups is 1. The number of hydrogen-bond acceptors (Lipinski definition) is 5. The molecule has 1 aliphatic heterocycles. The number of nitro benzene ring substituents is 1. The summed E-state index contributed by atoms with van der Waals surface area (Å²) in [7, 11) is 0. The maximum Gasteiger partial charge on any atom is 0.274 e. The average Bonchev–Trinajstić information content (AvgIpc) is 3.04. The second-order valence-electron chi connectivity index (χ2n) is 6.65. The van der Waals surface area contributed by atoms with E-state index < -0.39 is 0 Å². The number of phenolic OH excluding ortho intramolecular Hbond substituents is 2. The fourth-order valence-corrected chi connectivity index (χ4v) is 4.10. The summed E-state index contributed by atoms with van der Waals surface area (Å²) in [6, 6.07) is 7.78. The summed E-state index contributed by atoms with van der Waals surface area (Å²) < 4.78 is 0. The molecule has 25 heavy (non-hydrogen) atoms. The van der Waals surface area contributed by atoms with Crippen LogP contribution in [0, 0.1) is 23.0 Å². The molecule has 2 aliphatic rings. The normalized spacial score (nSPS) is 23.6. The number of phenols is 2. The summed E-state index contributed by atoms with van der Waals surface area (Å²) in [5.41, 5.74) is 3.19. The second-order valence-corrected chi connectivity index (χ2v) is 6.65. The molecule has 0 fully saturated rings. The van der Waals surface area contributed by atoms with Gasteiger partial charge in [-0.05, 0) is 43.0 Å². The molecule has 3 unspecified atom stereocenters. The van der Waals surface area contributed by atoms with E-state index in [4.69, 9.17) is 0 Å². The van der Waals surface area contributed by atoms with Crippen molar-refractivity contribution < 1.29 is 15.1 Å². The zero-order valence-electron chi connectivity index (χ0n) is 13.6. The van der Waals surface area contributed by atoms with E-state index >= 15 is 0 Å². The van der Waals surface area contributed by atoms with Gasteiger partial charge in [-0.25, -0.2) is 0 Å². The van der Waals surface area contributed by atoms with Crippen molar-refractivity contribution in [3.8, 4) is 11.5 Å². The number of hydrogen-bond donors (Lipinski definition) is 3. The van der Waals surface area contributed by atoms with Crippen molar-refractivity contribution in [1.29, 1.82) is 0 Å². The van der Waals surface area contributed by atoms with Gasteiger partial charge in [0.2, 0.25) is 0 Å². The van der Waals surface area contributed by atoms with E-state index in [0.29, 0.717) is 11.1 Å². The zero-order chi connectivity index (χ0) is 17.7. The van der Waals surface area contributed by atoms with Gasteiger partial charge in [-0.3, -0.25) is 10.1 Å². The number of nitrogens with one attached hydrogen (secondary N) is 1. The van der Waals surface area contributed by atoms with Crippen LogP contribution < -0.4 is 5.32 Å². The van der Waals surface area contributed by atoms with Crippen LogP contribution in [-0.4, -0.2) is 15.1 Å². The molecule has 0 spiro atoms. The third-order valence-electron chi connectivity index (χ3n) is 5.31. The highest BCUT2D eigenvalue weighted by atomic mass is 16.6. The average molecular weight is 338 g/mol. The maximum absolute atomic E-state index is 11.3. The van der Waals surface area contributed by atoms with Gasteiger partial charge >= 0.3 is 0 Å². The lowest BCUT2D eigenvalue weighted by atomic mass is 9.76. The lowest BCUT2D eigenvalue weighted by Gasteiger charge is -2.38. The van der Waals surface area contributed by atoms with Crippen molar-refractivity contribution >= 4 is 11.4 Å². The minimum absolute atomic E-state index is 0.00498. The third kappa shape index (κ3) is 2.33. The van der Waals surface area contributed by atoms with Gasteiger partial charge in [0.1, 0.15) is 11.5 Å². The Labute approximate surface area is 144 Å². The predicted octanol–water partition coefficient (Wildman–Crippen LogP) is 4.14. The zero-order valence-corrected chi connectivity index (χ0v) is 13.6.